The number of carbonyl (C=O) groups is 1. The number of thiazole rings is 2. The van der Waals surface area contributed by atoms with Crippen LogP contribution >= 0.6 is 34.3 Å². The Balaban J connectivity index is 1.16. The monoisotopic (exact) mass is 499 g/mol. The van der Waals surface area contributed by atoms with Crippen LogP contribution < -0.4 is 19.5 Å². The molecule has 1 aliphatic rings. The van der Waals surface area contributed by atoms with Crippen molar-refractivity contribution < 1.29 is 19.0 Å². The number of amides is 1. The fourth-order valence-corrected chi connectivity index (χ4v) is 4.73. The zero-order chi connectivity index (χ0) is 22.6. The van der Waals surface area contributed by atoms with Crippen LogP contribution in [-0.2, 0) is 17.8 Å². The molecule has 1 N–H and O–H groups in total. The van der Waals surface area contributed by atoms with Gasteiger partial charge in [0.2, 0.25) is 5.91 Å². The Hall–Kier alpha value is -3.14. The maximum atomic E-state index is 12.5. The lowest BCUT2D eigenvalue weighted by Gasteiger charge is -2.18. The van der Waals surface area contributed by atoms with Gasteiger partial charge in [0.1, 0.15) is 30.6 Å². The summed E-state index contributed by atoms with van der Waals surface area (Å²) in [7, 11) is 0. The molecule has 10 heteroatoms. The number of benzene rings is 2. The standard InChI is InChI=1S/C23H18ClN3O4S2/c24-15-2-4-17(5-3-15)31-11-22-25-16(12-32-22)10-21(28)27-23-26-18(13-33-23)14-1-6-19-20(9-14)30-8-7-29-19/h1-6,9,12-13H,7-8,10-11H2,(H,26,27,28). The van der Waals surface area contributed by atoms with E-state index in [-0.39, 0.29) is 12.3 Å². The highest BCUT2D eigenvalue weighted by Crippen LogP contribution is 2.35. The Bertz CT molecular complexity index is 1270. The van der Waals surface area contributed by atoms with Gasteiger partial charge >= 0.3 is 0 Å². The molecular weight excluding hydrogens is 482 g/mol. The quantitative estimate of drug-likeness (QED) is 0.364. The van der Waals surface area contributed by atoms with Crippen molar-refractivity contribution in [2.45, 2.75) is 13.0 Å². The van der Waals surface area contributed by atoms with E-state index < -0.39 is 0 Å². The van der Waals surface area contributed by atoms with Crippen molar-refractivity contribution in [2.24, 2.45) is 0 Å². The number of nitrogens with zero attached hydrogens (tertiary/aromatic N) is 2. The number of hydrogen-bond donors (Lipinski definition) is 1. The van der Waals surface area contributed by atoms with Gasteiger partial charge in [-0.2, -0.15) is 0 Å². The number of anilines is 1. The molecule has 7 nitrogen and oxygen atoms in total. The van der Waals surface area contributed by atoms with E-state index in [0.717, 1.165) is 22.0 Å². The molecule has 0 atom stereocenters. The molecule has 0 unspecified atom stereocenters. The van der Waals surface area contributed by atoms with E-state index in [0.29, 0.717) is 47.2 Å². The van der Waals surface area contributed by atoms with Gasteiger partial charge in [-0.1, -0.05) is 11.6 Å². The van der Waals surface area contributed by atoms with Crippen molar-refractivity contribution in [1.82, 2.24) is 9.97 Å². The number of carbonyl (C=O) groups excluding carboxylic acids is 1. The Morgan fingerprint density at radius 2 is 1.85 bits per heavy atom. The van der Waals surface area contributed by atoms with E-state index >= 15 is 0 Å². The number of fused-ring (bicyclic) bond motifs is 1. The second-order valence-electron chi connectivity index (χ2n) is 7.10. The fourth-order valence-electron chi connectivity index (χ4n) is 3.17. The fraction of sp³-hybridized carbons (Fsp3) is 0.174. The Morgan fingerprint density at radius 1 is 1.03 bits per heavy atom. The molecule has 0 saturated carbocycles. The molecule has 0 fully saturated rings. The molecule has 0 spiro atoms. The summed E-state index contributed by atoms with van der Waals surface area (Å²) in [5.74, 6) is 1.98. The SMILES string of the molecule is O=C(Cc1csc(COc2ccc(Cl)cc2)n1)Nc1nc(-c2ccc3c(c2)OCCO3)cs1. The Labute approximate surface area is 202 Å². The topological polar surface area (TPSA) is 82.6 Å². The van der Waals surface area contributed by atoms with E-state index in [9.17, 15) is 4.79 Å². The molecule has 1 aliphatic heterocycles. The van der Waals surface area contributed by atoms with Gasteiger partial charge < -0.3 is 19.5 Å². The van der Waals surface area contributed by atoms with Gasteiger partial charge in [0, 0.05) is 21.3 Å². The minimum atomic E-state index is -0.173. The predicted octanol–water partition coefficient (Wildman–Crippen LogP) is 5.45. The normalized spacial score (nSPS) is 12.4. The minimum absolute atomic E-state index is 0.163. The molecule has 0 bridgehead atoms. The minimum Gasteiger partial charge on any atom is -0.486 e. The molecular formula is C23H18ClN3O4S2. The maximum absolute atomic E-state index is 12.5. The Kier molecular flexibility index (Phi) is 6.43. The van der Waals surface area contributed by atoms with Crippen LogP contribution in [-0.4, -0.2) is 29.1 Å². The van der Waals surface area contributed by atoms with E-state index in [1.165, 1.54) is 22.7 Å². The second-order valence-corrected chi connectivity index (χ2v) is 9.33. The van der Waals surface area contributed by atoms with Crippen LogP contribution in [0.15, 0.2) is 53.2 Å². The molecule has 168 valence electrons. The summed E-state index contributed by atoms with van der Waals surface area (Å²) >= 11 is 8.71. The van der Waals surface area contributed by atoms with Crippen LogP contribution in [0.3, 0.4) is 0 Å². The molecule has 2 aromatic carbocycles. The molecule has 33 heavy (non-hydrogen) atoms. The molecule has 0 saturated heterocycles. The van der Waals surface area contributed by atoms with Crippen LogP contribution in [0.2, 0.25) is 5.02 Å². The summed E-state index contributed by atoms with van der Waals surface area (Å²) in [6, 6.07) is 12.8. The molecule has 2 aromatic heterocycles. The summed E-state index contributed by atoms with van der Waals surface area (Å²) in [5.41, 5.74) is 2.36. The first-order chi connectivity index (χ1) is 16.1. The van der Waals surface area contributed by atoms with Gasteiger partial charge in [-0.25, -0.2) is 9.97 Å². The zero-order valence-corrected chi connectivity index (χ0v) is 19.6. The molecule has 0 aliphatic carbocycles. The number of rotatable bonds is 7. The maximum Gasteiger partial charge on any atom is 0.232 e. The first-order valence-corrected chi connectivity index (χ1v) is 12.2. The van der Waals surface area contributed by atoms with Crippen LogP contribution in [0.4, 0.5) is 5.13 Å². The molecule has 5 rings (SSSR count). The molecule has 0 radical (unpaired) electrons. The number of hydrogen-bond acceptors (Lipinski definition) is 8. The van der Waals surface area contributed by atoms with Crippen molar-refractivity contribution in [3.8, 4) is 28.5 Å². The molecule has 1 amide bonds. The third kappa shape index (κ3) is 5.44. The summed E-state index contributed by atoms with van der Waals surface area (Å²) in [4.78, 5) is 21.5. The number of aromatic nitrogens is 2. The largest absolute Gasteiger partial charge is 0.486 e. The highest BCUT2D eigenvalue weighted by molar-refractivity contribution is 7.14. The van der Waals surface area contributed by atoms with Gasteiger partial charge in [-0.05, 0) is 42.5 Å². The van der Waals surface area contributed by atoms with Gasteiger partial charge in [0.15, 0.2) is 16.6 Å². The number of ether oxygens (including phenoxy) is 3. The van der Waals surface area contributed by atoms with Crippen LogP contribution in [0, 0.1) is 0 Å². The molecule has 4 aromatic rings. The summed E-state index contributed by atoms with van der Waals surface area (Å²) < 4.78 is 16.9. The third-order valence-corrected chi connectivity index (χ3v) is 6.59. The first kappa shape index (κ1) is 21.7. The summed E-state index contributed by atoms with van der Waals surface area (Å²) in [6.45, 7) is 1.41. The van der Waals surface area contributed by atoms with Crippen LogP contribution in [0.1, 0.15) is 10.7 Å². The average molecular weight is 500 g/mol. The van der Waals surface area contributed by atoms with Crippen LogP contribution in [0.5, 0.6) is 17.2 Å². The van der Waals surface area contributed by atoms with E-state index in [4.69, 9.17) is 25.8 Å². The van der Waals surface area contributed by atoms with Gasteiger partial charge in [-0.3, -0.25) is 4.79 Å². The highest BCUT2D eigenvalue weighted by atomic mass is 35.5. The van der Waals surface area contributed by atoms with Crippen molar-refractivity contribution in [3.63, 3.8) is 0 Å². The van der Waals surface area contributed by atoms with Crippen molar-refractivity contribution >= 4 is 45.3 Å². The lowest BCUT2D eigenvalue weighted by atomic mass is 10.1. The van der Waals surface area contributed by atoms with E-state index in [1.807, 2.05) is 29.0 Å². The summed E-state index contributed by atoms with van der Waals surface area (Å²) in [6.07, 6.45) is 0.163. The van der Waals surface area contributed by atoms with E-state index in [2.05, 4.69) is 15.3 Å². The molecule has 3 heterocycles. The van der Waals surface area contributed by atoms with Crippen molar-refractivity contribution in [2.75, 3.05) is 18.5 Å². The number of nitrogens with one attached hydrogen (secondary N) is 1. The Morgan fingerprint density at radius 3 is 2.70 bits per heavy atom. The highest BCUT2D eigenvalue weighted by Gasteiger charge is 2.15. The average Bonchev–Trinajstić information content (AvgIpc) is 3.48. The third-order valence-electron chi connectivity index (χ3n) is 4.71. The zero-order valence-electron chi connectivity index (χ0n) is 17.2. The smallest absolute Gasteiger partial charge is 0.232 e. The van der Waals surface area contributed by atoms with Crippen LogP contribution in [0.25, 0.3) is 11.3 Å². The number of halogens is 1. The van der Waals surface area contributed by atoms with E-state index in [1.54, 1.807) is 24.3 Å². The van der Waals surface area contributed by atoms with Gasteiger partial charge in [0.05, 0.1) is 17.8 Å². The first-order valence-electron chi connectivity index (χ1n) is 10.1. The predicted molar refractivity (Wildman–Crippen MR) is 129 cm³/mol. The lowest BCUT2D eigenvalue weighted by Crippen LogP contribution is -2.15. The summed E-state index contributed by atoms with van der Waals surface area (Å²) in [5, 5.41) is 8.60. The van der Waals surface area contributed by atoms with Crippen molar-refractivity contribution in [3.05, 3.63) is 68.9 Å². The van der Waals surface area contributed by atoms with Crippen molar-refractivity contribution in [1.29, 1.82) is 0 Å². The second kappa shape index (κ2) is 9.78. The van der Waals surface area contributed by atoms with Gasteiger partial charge in [-0.15, -0.1) is 22.7 Å². The lowest BCUT2D eigenvalue weighted by molar-refractivity contribution is -0.115. The van der Waals surface area contributed by atoms with Gasteiger partial charge in [0.25, 0.3) is 0 Å².